The second-order valence-electron chi connectivity index (χ2n) is 6.16. The second-order valence-corrected chi connectivity index (χ2v) is 6.16. The van der Waals surface area contributed by atoms with E-state index >= 15 is 0 Å². The number of nitrogens with zero attached hydrogens (tertiary/aromatic N) is 3. The Morgan fingerprint density at radius 2 is 2.00 bits per heavy atom. The van der Waals surface area contributed by atoms with Crippen LogP contribution in [0.5, 0.6) is 0 Å². The summed E-state index contributed by atoms with van der Waals surface area (Å²) in [6, 6.07) is 7.90. The fourth-order valence-corrected chi connectivity index (χ4v) is 3.02. The molecule has 8 heteroatoms. The van der Waals surface area contributed by atoms with Crippen LogP contribution in [0.1, 0.15) is 19.9 Å². The number of hydrogen-bond donors (Lipinski definition) is 1. The first kappa shape index (κ1) is 18.7. The summed E-state index contributed by atoms with van der Waals surface area (Å²) in [5.74, 6) is -0.542. The van der Waals surface area contributed by atoms with Gasteiger partial charge in [-0.05, 0) is 37.6 Å². The minimum atomic E-state index is -0.792. The summed E-state index contributed by atoms with van der Waals surface area (Å²) >= 11 is 0. The number of aliphatic hydroxyl groups excluding tert-OH is 1. The zero-order valence-electron chi connectivity index (χ0n) is 15.1. The van der Waals surface area contributed by atoms with E-state index in [1.54, 1.807) is 50.3 Å². The summed E-state index contributed by atoms with van der Waals surface area (Å²) in [4.78, 5) is 37.5. The largest absolute Gasteiger partial charge is 0.463 e. The Kier molecular flexibility index (Phi) is 5.27. The molecule has 0 radical (unpaired) electrons. The Balaban J connectivity index is 2.13. The highest BCUT2D eigenvalue weighted by Crippen LogP contribution is 2.20. The topological polar surface area (TPSA) is 95.5 Å². The molecule has 2 aromatic rings. The molecule has 2 atom stereocenters. The number of benzene rings is 1. The molecule has 0 aliphatic carbocycles. The van der Waals surface area contributed by atoms with Crippen LogP contribution in [0.15, 0.2) is 63.7 Å². The van der Waals surface area contributed by atoms with Gasteiger partial charge < -0.3 is 9.84 Å². The number of hydrogen-bond acceptors (Lipinski definition) is 5. The normalized spacial score (nSPS) is 17.4. The van der Waals surface area contributed by atoms with Crippen LogP contribution in [0, 0.1) is 0 Å². The summed E-state index contributed by atoms with van der Waals surface area (Å²) in [6.07, 6.45) is 3.58. The minimum absolute atomic E-state index is 0.0926. The van der Waals surface area contributed by atoms with Crippen molar-refractivity contribution in [1.29, 1.82) is 0 Å². The zero-order valence-corrected chi connectivity index (χ0v) is 15.1. The Morgan fingerprint density at radius 1 is 1.30 bits per heavy atom. The Morgan fingerprint density at radius 3 is 2.63 bits per heavy atom. The van der Waals surface area contributed by atoms with Crippen molar-refractivity contribution in [2.45, 2.75) is 32.5 Å². The van der Waals surface area contributed by atoms with Gasteiger partial charge in [0.1, 0.15) is 0 Å². The fourth-order valence-electron chi connectivity index (χ4n) is 3.02. The van der Waals surface area contributed by atoms with Crippen molar-refractivity contribution in [2.75, 3.05) is 6.61 Å². The summed E-state index contributed by atoms with van der Waals surface area (Å²) in [7, 11) is 0. The van der Waals surface area contributed by atoms with Crippen molar-refractivity contribution in [3.63, 3.8) is 0 Å². The van der Waals surface area contributed by atoms with Crippen molar-refractivity contribution < 1.29 is 14.6 Å². The lowest BCUT2D eigenvalue weighted by atomic mass is 10.1. The Labute approximate surface area is 155 Å². The monoisotopic (exact) mass is 371 g/mol. The molecule has 1 aliphatic heterocycles. The van der Waals surface area contributed by atoms with Crippen molar-refractivity contribution in [3.8, 4) is 5.69 Å². The number of para-hydroxylation sites is 1. The standard InChI is InChI=1S/C19H21N3O5/c1-3-27-17(24)10-9-16-11-14(13(2)23)12-20-18(25)21(19(26)22(16)20)15-7-5-4-6-8-15/h4-11,13,16,23H,3,12H2,1-2H3/b10-9+. The number of carbonyl (C=O) groups is 1. The van der Waals surface area contributed by atoms with Crippen molar-refractivity contribution in [2.24, 2.45) is 0 Å². The van der Waals surface area contributed by atoms with Gasteiger partial charge in [-0.1, -0.05) is 24.3 Å². The first-order valence-electron chi connectivity index (χ1n) is 8.67. The molecule has 1 aromatic carbocycles. The van der Waals surface area contributed by atoms with E-state index in [9.17, 15) is 19.5 Å². The van der Waals surface area contributed by atoms with Gasteiger partial charge in [-0.25, -0.2) is 28.3 Å². The number of esters is 1. The van der Waals surface area contributed by atoms with Gasteiger partial charge in [0.25, 0.3) is 0 Å². The second kappa shape index (κ2) is 7.63. The first-order valence-corrected chi connectivity index (χ1v) is 8.67. The quantitative estimate of drug-likeness (QED) is 0.476. The van der Waals surface area contributed by atoms with Crippen LogP contribution >= 0.6 is 0 Å². The molecule has 0 spiro atoms. The molecular formula is C19H21N3O5. The summed E-state index contributed by atoms with van der Waals surface area (Å²) in [5, 5.41) is 9.97. The van der Waals surface area contributed by atoms with Crippen LogP contribution in [0.25, 0.3) is 5.69 Å². The van der Waals surface area contributed by atoms with E-state index in [1.807, 2.05) is 0 Å². The van der Waals surface area contributed by atoms with Crippen LogP contribution in [0.2, 0.25) is 0 Å². The third-order valence-corrected chi connectivity index (χ3v) is 4.33. The summed E-state index contributed by atoms with van der Waals surface area (Å²) in [5.41, 5.74) is 0.00651. The number of rotatable bonds is 5. The maximum Gasteiger partial charge on any atom is 0.352 e. The average Bonchev–Trinajstić information content (AvgIpc) is 2.91. The summed E-state index contributed by atoms with van der Waals surface area (Å²) in [6.45, 7) is 3.61. The predicted octanol–water partition coefficient (Wildman–Crippen LogP) is 0.782. The highest BCUT2D eigenvalue weighted by molar-refractivity contribution is 5.82. The molecule has 1 aliphatic rings. The number of ether oxygens (including phenoxy) is 1. The molecule has 2 heterocycles. The third kappa shape index (κ3) is 3.56. The summed E-state index contributed by atoms with van der Waals surface area (Å²) < 4.78 is 8.49. The molecule has 0 saturated heterocycles. The molecule has 0 fully saturated rings. The van der Waals surface area contributed by atoms with Crippen LogP contribution in [-0.2, 0) is 16.1 Å². The SMILES string of the molecule is CCOC(=O)/C=C/C1C=C(C(C)O)Cn2c(=O)n(-c3ccccc3)c(=O)n21. The lowest BCUT2D eigenvalue weighted by Gasteiger charge is -2.24. The van der Waals surface area contributed by atoms with Crippen LogP contribution in [0.3, 0.4) is 0 Å². The average molecular weight is 371 g/mol. The number of allylic oxidation sites excluding steroid dienone is 2. The first-order chi connectivity index (χ1) is 12.9. The lowest BCUT2D eigenvalue weighted by Crippen LogP contribution is -2.35. The Hall–Kier alpha value is -3.13. The van der Waals surface area contributed by atoms with Gasteiger partial charge in [0.05, 0.1) is 31.0 Å². The molecule has 1 N–H and O–H groups in total. The smallest absolute Gasteiger partial charge is 0.352 e. The fraction of sp³-hybridized carbons (Fsp3) is 0.316. The van der Waals surface area contributed by atoms with E-state index in [0.717, 1.165) is 4.57 Å². The third-order valence-electron chi connectivity index (χ3n) is 4.33. The number of fused-ring (bicyclic) bond motifs is 1. The van der Waals surface area contributed by atoms with Gasteiger partial charge in [0, 0.05) is 6.08 Å². The van der Waals surface area contributed by atoms with Crippen LogP contribution in [-0.4, -0.2) is 37.7 Å². The van der Waals surface area contributed by atoms with E-state index in [-0.39, 0.29) is 13.2 Å². The van der Waals surface area contributed by atoms with Crippen molar-refractivity contribution in [1.82, 2.24) is 13.9 Å². The van der Waals surface area contributed by atoms with Gasteiger partial charge in [-0.2, -0.15) is 0 Å². The zero-order chi connectivity index (χ0) is 19.6. The predicted molar refractivity (Wildman–Crippen MR) is 98.9 cm³/mol. The molecule has 27 heavy (non-hydrogen) atoms. The molecule has 8 nitrogen and oxygen atoms in total. The van der Waals surface area contributed by atoms with E-state index in [4.69, 9.17) is 4.74 Å². The number of aromatic nitrogens is 3. The number of aliphatic hydroxyl groups is 1. The van der Waals surface area contributed by atoms with Gasteiger partial charge in [0.2, 0.25) is 0 Å². The van der Waals surface area contributed by atoms with Crippen LogP contribution < -0.4 is 11.4 Å². The van der Waals surface area contributed by atoms with Gasteiger partial charge >= 0.3 is 17.3 Å². The van der Waals surface area contributed by atoms with Gasteiger partial charge in [-0.3, -0.25) is 0 Å². The Bertz CT molecular complexity index is 1010. The van der Waals surface area contributed by atoms with Gasteiger partial charge in [0.15, 0.2) is 0 Å². The van der Waals surface area contributed by atoms with Crippen molar-refractivity contribution >= 4 is 5.97 Å². The highest BCUT2D eigenvalue weighted by Gasteiger charge is 2.27. The number of carbonyl (C=O) groups excluding carboxylic acids is 1. The molecule has 142 valence electrons. The minimum Gasteiger partial charge on any atom is -0.463 e. The molecule has 3 rings (SSSR count). The molecule has 0 bridgehead atoms. The van der Waals surface area contributed by atoms with E-state index in [2.05, 4.69) is 0 Å². The van der Waals surface area contributed by atoms with Crippen molar-refractivity contribution in [3.05, 3.63) is 75.1 Å². The molecule has 0 saturated carbocycles. The van der Waals surface area contributed by atoms with E-state index < -0.39 is 29.5 Å². The molecule has 0 amide bonds. The molecule has 1 aromatic heterocycles. The van der Waals surface area contributed by atoms with Gasteiger partial charge in [-0.15, -0.1) is 0 Å². The molecule has 2 unspecified atom stereocenters. The van der Waals surface area contributed by atoms with E-state index in [1.165, 1.54) is 21.5 Å². The maximum atomic E-state index is 13.0. The molecular weight excluding hydrogens is 350 g/mol. The highest BCUT2D eigenvalue weighted by atomic mass is 16.5. The lowest BCUT2D eigenvalue weighted by molar-refractivity contribution is -0.137. The van der Waals surface area contributed by atoms with Crippen LogP contribution in [0.4, 0.5) is 0 Å². The maximum absolute atomic E-state index is 13.0. The van der Waals surface area contributed by atoms with E-state index in [0.29, 0.717) is 11.3 Å².